The molecule has 0 unspecified atom stereocenters. The van der Waals surface area contributed by atoms with E-state index >= 15 is 0 Å². The molecule has 1 rings (SSSR count). The SMILES string of the molecule is CCn1nncc1CCl.Cl. The molecule has 58 valence electrons. The average Bonchev–Trinajstić information content (AvgIpc) is 2.33. The van der Waals surface area contributed by atoms with Gasteiger partial charge in [-0.15, -0.1) is 29.1 Å². The molecule has 1 heterocycles. The van der Waals surface area contributed by atoms with E-state index in [0.29, 0.717) is 5.88 Å². The molecule has 1 aromatic heterocycles. The fourth-order valence-corrected chi connectivity index (χ4v) is 0.856. The predicted molar refractivity (Wildman–Crippen MR) is 42.5 cm³/mol. The third-order valence-electron chi connectivity index (χ3n) is 1.13. The van der Waals surface area contributed by atoms with Crippen LogP contribution in [0, 0.1) is 0 Å². The molecule has 0 aliphatic rings. The molecule has 0 spiro atoms. The number of hydrogen-bond acceptors (Lipinski definition) is 2. The Labute approximate surface area is 70.8 Å². The molecule has 5 heteroatoms. The van der Waals surface area contributed by atoms with Crippen molar-refractivity contribution < 1.29 is 0 Å². The van der Waals surface area contributed by atoms with Gasteiger partial charge in [0.05, 0.1) is 17.8 Å². The molecular formula is C5H9Cl2N3. The molecule has 0 radical (unpaired) electrons. The quantitative estimate of drug-likeness (QED) is 0.648. The molecule has 0 aromatic carbocycles. The number of halogens is 2. The number of hydrogen-bond donors (Lipinski definition) is 0. The van der Waals surface area contributed by atoms with Gasteiger partial charge in [-0.1, -0.05) is 5.21 Å². The molecule has 0 N–H and O–H groups in total. The maximum atomic E-state index is 5.55. The van der Waals surface area contributed by atoms with Crippen molar-refractivity contribution in [2.45, 2.75) is 19.3 Å². The van der Waals surface area contributed by atoms with Gasteiger partial charge in [-0.25, -0.2) is 4.68 Å². The topological polar surface area (TPSA) is 30.7 Å². The minimum Gasteiger partial charge on any atom is -0.248 e. The molecule has 0 atom stereocenters. The van der Waals surface area contributed by atoms with E-state index in [9.17, 15) is 0 Å². The van der Waals surface area contributed by atoms with Crippen LogP contribution in [0.25, 0.3) is 0 Å². The highest BCUT2D eigenvalue weighted by Crippen LogP contribution is 1.98. The van der Waals surface area contributed by atoms with Gasteiger partial charge in [-0.2, -0.15) is 0 Å². The fourth-order valence-electron chi connectivity index (χ4n) is 0.649. The lowest BCUT2D eigenvalue weighted by Gasteiger charge is -1.95. The second-order valence-electron chi connectivity index (χ2n) is 1.67. The molecular weight excluding hydrogens is 173 g/mol. The van der Waals surface area contributed by atoms with Crippen LogP contribution in [0.2, 0.25) is 0 Å². The van der Waals surface area contributed by atoms with Crippen molar-refractivity contribution in [3.8, 4) is 0 Å². The van der Waals surface area contributed by atoms with Gasteiger partial charge in [0.1, 0.15) is 0 Å². The van der Waals surface area contributed by atoms with Gasteiger partial charge in [-0.3, -0.25) is 0 Å². The Morgan fingerprint density at radius 3 is 2.80 bits per heavy atom. The van der Waals surface area contributed by atoms with Gasteiger partial charge in [0.25, 0.3) is 0 Å². The Morgan fingerprint density at radius 1 is 1.70 bits per heavy atom. The van der Waals surface area contributed by atoms with Gasteiger partial charge >= 0.3 is 0 Å². The number of rotatable bonds is 2. The smallest absolute Gasteiger partial charge is 0.0737 e. The minimum absolute atomic E-state index is 0. The lowest BCUT2D eigenvalue weighted by Crippen LogP contribution is -2.00. The van der Waals surface area contributed by atoms with Gasteiger partial charge < -0.3 is 0 Å². The maximum Gasteiger partial charge on any atom is 0.0737 e. The van der Waals surface area contributed by atoms with Crippen molar-refractivity contribution in [1.82, 2.24) is 15.0 Å². The summed E-state index contributed by atoms with van der Waals surface area (Å²) in [5, 5.41) is 7.48. The first-order valence-electron chi connectivity index (χ1n) is 2.81. The Morgan fingerprint density at radius 2 is 2.40 bits per heavy atom. The van der Waals surface area contributed by atoms with Crippen molar-refractivity contribution in [2.75, 3.05) is 0 Å². The Kier molecular flexibility index (Phi) is 4.40. The van der Waals surface area contributed by atoms with E-state index in [1.165, 1.54) is 0 Å². The predicted octanol–water partition coefficient (Wildman–Crippen LogP) is 1.46. The van der Waals surface area contributed by atoms with E-state index < -0.39 is 0 Å². The van der Waals surface area contributed by atoms with E-state index in [1.807, 2.05) is 6.92 Å². The van der Waals surface area contributed by atoms with Crippen LogP contribution in [0.1, 0.15) is 12.6 Å². The van der Waals surface area contributed by atoms with Crippen molar-refractivity contribution in [1.29, 1.82) is 0 Å². The van der Waals surface area contributed by atoms with E-state index in [0.717, 1.165) is 12.2 Å². The summed E-state index contributed by atoms with van der Waals surface area (Å²) < 4.78 is 1.77. The highest BCUT2D eigenvalue weighted by Gasteiger charge is 1.96. The molecule has 1 aromatic rings. The van der Waals surface area contributed by atoms with E-state index in [-0.39, 0.29) is 12.4 Å². The van der Waals surface area contributed by atoms with Gasteiger partial charge in [-0.05, 0) is 6.92 Å². The zero-order valence-electron chi connectivity index (χ0n) is 5.62. The molecule has 3 nitrogen and oxygen atoms in total. The normalized spacial score (nSPS) is 9.00. The first-order chi connectivity index (χ1) is 4.38. The Hall–Kier alpha value is -0.280. The third kappa shape index (κ3) is 1.85. The molecule has 0 saturated carbocycles. The monoisotopic (exact) mass is 181 g/mol. The van der Waals surface area contributed by atoms with Crippen LogP contribution in [-0.4, -0.2) is 15.0 Å². The average molecular weight is 182 g/mol. The van der Waals surface area contributed by atoms with Crippen molar-refractivity contribution in [3.63, 3.8) is 0 Å². The van der Waals surface area contributed by atoms with Crippen LogP contribution in [0.4, 0.5) is 0 Å². The van der Waals surface area contributed by atoms with Crippen LogP contribution in [0.5, 0.6) is 0 Å². The molecule has 0 aliphatic heterocycles. The summed E-state index contributed by atoms with van der Waals surface area (Å²) in [6.07, 6.45) is 1.68. The molecule has 0 bridgehead atoms. The van der Waals surface area contributed by atoms with Gasteiger partial charge in [0.2, 0.25) is 0 Å². The molecule has 0 aliphatic carbocycles. The van der Waals surface area contributed by atoms with Crippen molar-refractivity contribution in [2.24, 2.45) is 0 Å². The van der Waals surface area contributed by atoms with Crippen LogP contribution in [0.15, 0.2) is 6.20 Å². The summed E-state index contributed by atoms with van der Waals surface area (Å²) in [6.45, 7) is 2.84. The van der Waals surface area contributed by atoms with E-state index in [1.54, 1.807) is 10.9 Å². The van der Waals surface area contributed by atoms with Crippen molar-refractivity contribution >= 4 is 24.0 Å². The van der Waals surface area contributed by atoms with Crippen LogP contribution in [0.3, 0.4) is 0 Å². The third-order valence-corrected chi connectivity index (χ3v) is 1.41. The van der Waals surface area contributed by atoms with E-state index in [2.05, 4.69) is 10.3 Å². The van der Waals surface area contributed by atoms with E-state index in [4.69, 9.17) is 11.6 Å². The summed E-state index contributed by atoms with van der Waals surface area (Å²) >= 11 is 5.55. The van der Waals surface area contributed by atoms with Crippen LogP contribution >= 0.6 is 24.0 Å². The van der Waals surface area contributed by atoms with Crippen LogP contribution in [-0.2, 0) is 12.4 Å². The first-order valence-corrected chi connectivity index (χ1v) is 3.35. The number of nitrogens with zero attached hydrogens (tertiary/aromatic N) is 3. The first kappa shape index (κ1) is 9.72. The lowest BCUT2D eigenvalue weighted by atomic mass is 10.5. The number of aromatic nitrogens is 3. The fraction of sp³-hybridized carbons (Fsp3) is 0.600. The molecule has 10 heavy (non-hydrogen) atoms. The summed E-state index contributed by atoms with van der Waals surface area (Å²) in [6, 6.07) is 0. The molecule has 0 fully saturated rings. The Balaban J connectivity index is 0.000000810. The second-order valence-corrected chi connectivity index (χ2v) is 1.94. The summed E-state index contributed by atoms with van der Waals surface area (Å²) in [7, 11) is 0. The van der Waals surface area contributed by atoms with Gasteiger partial charge in [0, 0.05) is 6.54 Å². The number of aryl methyl sites for hydroxylation is 1. The summed E-state index contributed by atoms with van der Waals surface area (Å²) in [5.41, 5.74) is 0.971. The van der Waals surface area contributed by atoms with Crippen molar-refractivity contribution in [3.05, 3.63) is 11.9 Å². The van der Waals surface area contributed by atoms with Crippen LogP contribution < -0.4 is 0 Å². The zero-order valence-corrected chi connectivity index (χ0v) is 7.19. The zero-order chi connectivity index (χ0) is 6.69. The molecule has 0 saturated heterocycles. The van der Waals surface area contributed by atoms with Gasteiger partial charge in [0.15, 0.2) is 0 Å². The second kappa shape index (κ2) is 4.52. The summed E-state index contributed by atoms with van der Waals surface area (Å²) in [4.78, 5) is 0. The highest BCUT2D eigenvalue weighted by atomic mass is 35.5. The largest absolute Gasteiger partial charge is 0.248 e. The standard InChI is InChI=1S/C5H8ClN3.ClH/c1-2-9-5(3-6)4-7-8-9;/h4H,2-3H2,1H3;1H. The Bertz CT molecular complexity index is 168. The maximum absolute atomic E-state index is 5.55. The highest BCUT2D eigenvalue weighted by molar-refractivity contribution is 6.16. The molecule has 0 amide bonds. The summed E-state index contributed by atoms with van der Waals surface area (Å²) in [5.74, 6) is 0.487. The number of alkyl halides is 1. The lowest BCUT2D eigenvalue weighted by molar-refractivity contribution is 0.608. The minimum atomic E-state index is 0.